The lowest BCUT2D eigenvalue weighted by Crippen LogP contribution is -2.26. The van der Waals surface area contributed by atoms with Crippen molar-refractivity contribution in [1.82, 2.24) is 24.4 Å². The van der Waals surface area contributed by atoms with Crippen LogP contribution in [-0.2, 0) is 11.8 Å². The number of nitrogens with zero attached hydrogens (tertiary/aromatic N) is 5. The second-order valence-corrected chi connectivity index (χ2v) is 7.00. The molecule has 1 aliphatic heterocycles. The van der Waals surface area contributed by atoms with Crippen LogP contribution in [0.15, 0.2) is 43.2 Å². The predicted octanol–water partition coefficient (Wildman–Crippen LogP) is 3.43. The highest BCUT2D eigenvalue weighted by Gasteiger charge is 2.31. The van der Waals surface area contributed by atoms with Gasteiger partial charge in [-0.25, -0.2) is 15.0 Å². The molecule has 1 saturated heterocycles. The average molecular weight is 417 g/mol. The maximum absolute atomic E-state index is 12.4. The average Bonchev–Trinajstić information content (AvgIpc) is 3.34. The summed E-state index contributed by atoms with van der Waals surface area (Å²) < 4.78 is 43.0. The van der Waals surface area contributed by atoms with Gasteiger partial charge in [-0.2, -0.15) is 0 Å². The smallest absolute Gasteiger partial charge is 0.406 e. The van der Waals surface area contributed by atoms with Gasteiger partial charge < -0.3 is 14.2 Å². The number of benzene rings is 1. The van der Waals surface area contributed by atoms with E-state index in [2.05, 4.69) is 26.3 Å². The minimum absolute atomic E-state index is 0.0558. The summed E-state index contributed by atoms with van der Waals surface area (Å²) in [6, 6.07) is 5.48. The zero-order chi connectivity index (χ0) is 21.5. The van der Waals surface area contributed by atoms with Gasteiger partial charge in [-0.05, 0) is 36.8 Å². The molecule has 30 heavy (non-hydrogen) atoms. The molecule has 1 aromatic carbocycles. The number of imidazole rings is 1. The summed E-state index contributed by atoms with van der Waals surface area (Å²) in [6.07, 6.45) is -1.16. The van der Waals surface area contributed by atoms with Crippen LogP contribution in [-0.4, -0.2) is 49.8 Å². The molecule has 0 aliphatic carbocycles. The molecule has 0 bridgehead atoms. The fourth-order valence-electron chi connectivity index (χ4n) is 3.52. The van der Waals surface area contributed by atoms with Crippen LogP contribution < -0.4 is 4.74 Å². The van der Waals surface area contributed by atoms with E-state index in [1.807, 2.05) is 0 Å². The van der Waals surface area contributed by atoms with Crippen LogP contribution in [0.25, 0.3) is 22.4 Å². The molecular weight excluding hydrogens is 399 g/mol. The molecule has 1 unspecified atom stereocenters. The predicted molar refractivity (Wildman–Crippen MR) is 103 cm³/mol. The Bertz CT molecular complexity index is 1110. The topological polar surface area (TPSA) is 73.1 Å². The van der Waals surface area contributed by atoms with Gasteiger partial charge in [0.25, 0.3) is 0 Å². The van der Waals surface area contributed by atoms with Crippen molar-refractivity contribution in [2.45, 2.75) is 18.7 Å². The van der Waals surface area contributed by atoms with Gasteiger partial charge in [0.2, 0.25) is 5.91 Å². The Labute approximate surface area is 169 Å². The number of ether oxygens (including phenoxy) is 1. The minimum atomic E-state index is -4.75. The van der Waals surface area contributed by atoms with Crippen molar-refractivity contribution in [2.75, 3.05) is 13.1 Å². The number of rotatable bonds is 4. The monoisotopic (exact) mass is 417 g/mol. The summed E-state index contributed by atoms with van der Waals surface area (Å²) in [5.74, 6) is 0.0580. The standard InChI is InChI=1S/C20H18F3N5O2/c1-3-15(29)28-9-8-13(10-28)18-25-16(17-19(26-18)27(2)11-24-17)12-4-6-14(7-5-12)30-20(21,22)23/h3-7,11,13H,1,8-10H2,2H3. The van der Waals surface area contributed by atoms with Crippen LogP contribution in [0.4, 0.5) is 13.2 Å². The molecule has 3 heterocycles. The normalized spacial score (nSPS) is 16.8. The quantitative estimate of drug-likeness (QED) is 0.608. The summed E-state index contributed by atoms with van der Waals surface area (Å²) in [6.45, 7) is 4.58. The van der Waals surface area contributed by atoms with Gasteiger partial charge in [0, 0.05) is 31.6 Å². The fraction of sp³-hybridized carbons (Fsp3) is 0.300. The molecule has 7 nitrogen and oxygen atoms in total. The largest absolute Gasteiger partial charge is 0.573 e. The van der Waals surface area contributed by atoms with E-state index in [1.165, 1.54) is 30.3 Å². The molecule has 0 N–H and O–H groups in total. The van der Waals surface area contributed by atoms with Crippen LogP contribution in [0.5, 0.6) is 5.75 Å². The molecule has 1 aliphatic rings. The van der Waals surface area contributed by atoms with Crippen molar-refractivity contribution in [3.8, 4) is 17.0 Å². The Morgan fingerprint density at radius 1 is 1.27 bits per heavy atom. The number of carbonyl (C=O) groups excluding carboxylic acids is 1. The van der Waals surface area contributed by atoms with E-state index < -0.39 is 6.36 Å². The molecular formula is C20H18F3N5O2. The Morgan fingerprint density at radius 3 is 2.67 bits per heavy atom. The zero-order valence-electron chi connectivity index (χ0n) is 16.1. The van der Waals surface area contributed by atoms with Gasteiger partial charge in [0.05, 0.1) is 6.33 Å². The Kier molecular flexibility index (Phi) is 4.92. The third-order valence-electron chi connectivity index (χ3n) is 4.98. The van der Waals surface area contributed by atoms with Gasteiger partial charge in [-0.1, -0.05) is 6.58 Å². The van der Waals surface area contributed by atoms with E-state index in [0.717, 1.165) is 0 Å². The van der Waals surface area contributed by atoms with Crippen LogP contribution >= 0.6 is 0 Å². The van der Waals surface area contributed by atoms with Gasteiger partial charge in [-0.15, -0.1) is 13.2 Å². The van der Waals surface area contributed by atoms with Crippen molar-refractivity contribution in [1.29, 1.82) is 0 Å². The van der Waals surface area contributed by atoms with Gasteiger partial charge >= 0.3 is 6.36 Å². The Balaban J connectivity index is 1.71. The fourth-order valence-corrected chi connectivity index (χ4v) is 3.52. The molecule has 10 heteroatoms. The van der Waals surface area contributed by atoms with Crippen LogP contribution in [0, 0.1) is 0 Å². The first kappa shape index (κ1) is 19.9. The number of likely N-dealkylation sites (tertiary alicyclic amines) is 1. The first-order valence-electron chi connectivity index (χ1n) is 9.21. The van der Waals surface area contributed by atoms with Crippen molar-refractivity contribution >= 4 is 17.1 Å². The molecule has 1 atom stereocenters. The molecule has 2 aromatic heterocycles. The number of aromatic nitrogens is 4. The first-order valence-corrected chi connectivity index (χ1v) is 9.21. The number of hydrogen-bond acceptors (Lipinski definition) is 5. The van der Waals surface area contributed by atoms with Gasteiger partial charge in [-0.3, -0.25) is 4.79 Å². The lowest BCUT2D eigenvalue weighted by molar-refractivity contribution is -0.274. The van der Waals surface area contributed by atoms with Gasteiger partial charge in [0.1, 0.15) is 22.8 Å². The van der Waals surface area contributed by atoms with Crippen LogP contribution in [0.1, 0.15) is 18.2 Å². The summed E-state index contributed by atoms with van der Waals surface area (Å²) in [5, 5.41) is 0. The SMILES string of the molecule is C=CC(=O)N1CCC(c2nc(-c3ccc(OC(F)(F)F)cc3)c3ncn(C)c3n2)C1. The van der Waals surface area contributed by atoms with Crippen LogP contribution in [0.3, 0.4) is 0 Å². The van der Waals surface area contributed by atoms with Crippen molar-refractivity contribution in [2.24, 2.45) is 7.05 Å². The molecule has 4 rings (SSSR count). The Morgan fingerprint density at radius 2 is 2.00 bits per heavy atom. The van der Waals surface area contributed by atoms with E-state index in [0.29, 0.717) is 47.8 Å². The van der Waals surface area contributed by atoms with E-state index in [1.54, 1.807) is 22.8 Å². The maximum atomic E-state index is 12.4. The second kappa shape index (κ2) is 7.43. The summed E-state index contributed by atoms with van der Waals surface area (Å²) in [4.78, 5) is 27.3. The first-order chi connectivity index (χ1) is 14.2. The molecule has 1 amide bonds. The molecule has 0 spiro atoms. The second-order valence-electron chi connectivity index (χ2n) is 7.00. The minimum Gasteiger partial charge on any atom is -0.406 e. The number of hydrogen-bond donors (Lipinski definition) is 0. The van der Waals surface area contributed by atoms with Crippen molar-refractivity contribution < 1.29 is 22.7 Å². The molecule has 156 valence electrons. The zero-order valence-corrected chi connectivity index (χ0v) is 16.1. The highest BCUT2D eigenvalue weighted by molar-refractivity contribution is 5.88. The number of halogens is 3. The summed E-state index contributed by atoms with van der Waals surface area (Å²) >= 11 is 0. The number of fused-ring (bicyclic) bond motifs is 1. The van der Waals surface area contributed by atoms with E-state index >= 15 is 0 Å². The number of alkyl halides is 3. The van der Waals surface area contributed by atoms with E-state index in [4.69, 9.17) is 0 Å². The van der Waals surface area contributed by atoms with E-state index in [9.17, 15) is 18.0 Å². The number of aryl methyl sites for hydroxylation is 1. The number of carbonyl (C=O) groups is 1. The maximum Gasteiger partial charge on any atom is 0.573 e. The lowest BCUT2D eigenvalue weighted by Gasteiger charge is -2.14. The summed E-state index contributed by atoms with van der Waals surface area (Å²) in [5.41, 5.74) is 2.26. The van der Waals surface area contributed by atoms with Gasteiger partial charge in [0.15, 0.2) is 5.65 Å². The Hall–Kier alpha value is -3.43. The van der Waals surface area contributed by atoms with Crippen molar-refractivity contribution in [3.05, 3.63) is 49.1 Å². The molecule has 3 aromatic rings. The lowest BCUT2D eigenvalue weighted by atomic mass is 10.1. The highest BCUT2D eigenvalue weighted by Crippen LogP contribution is 2.32. The van der Waals surface area contributed by atoms with Crippen molar-refractivity contribution in [3.63, 3.8) is 0 Å². The molecule has 0 radical (unpaired) electrons. The summed E-state index contributed by atoms with van der Waals surface area (Å²) in [7, 11) is 1.80. The third kappa shape index (κ3) is 3.85. The molecule has 1 fully saturated rings. The van der Waals surface area contributed by atoms with Crippen LogP contribution in [0.2, 0.25) is 0 Å². The third-order valence-corrected chi connectivity index (χ3v) is 4.98. The van der Waals surface area contributed by atoms with E-state index in [-0.39, 0.29) is 17.6 Å². The molecule has 0 saturated carbocycles. The number of amides is 1. The highest BCUT2D eigenvalue weighted by atomic mass is 19.4.